The maximum atomic E-state index is 13.2. The van der Waals surface area contributed by atoms with Gasteiger partial charge < -0.3 is 9.84 Å². The summed E-state index contributed by atoms with van der Waals surface area (Å²) in [5.41, 5.74) is 3.71. The molecule has 0 aliphatic heterocycles. The van der Waals surface area contributed by atoms with Crippen LogP contribution in [0.15, 0.2) is 76.0 Å². The minimum absolute atomic E-state index is 0.123. The van der Waals surface area contributed by atoms with Crippen molar-refractivity contribution in [3.63, 3.8) is 0 Å². The van der Waals surface area contributed by atoms with Gasteiger partial charge in [0.05, 0.1) is 27.8 Å². The highest BCUT2D eigenvalue weighted by molar-refractivity contribution is 6.06. The molecule has 3 aromatic carbocycles. The Kier molecular flexibility index (Phi) is 5.93. The summed E-state index contributed by atoms with van der Waals surface area (Å²) < 4.78 is 7.01. The topological polar surface area (TPSA) is 103 Å². The van der Waals surface area contributed by atoms with Crippen molar-refractivity contribution in [3.8, 4) is 17.1 Å². The van der Waals surface area contributed by atoms with Crippen molar-refractivity contribution in [2.45, 2.75) is 33.6 Å². The third-order valence-corrected chi connectivity index (χ3v) is 6.03. The van der Waals surface area contributed by atoms with E-state index in [-0.39, 0.29) is 17.4 Å². The first-order valence-corrected chi connectivity index (χ1v) is 11.7. The van der Waals surface area contributed by atoms with Crippen LogP contribution in [0.5, 0.6) is 0 Å². The molecule has 8 heteroatoms. The molecular formula is C28H25N5O3. The number of hydrogen-bond acceptors (Lipinski definition) is 6. The molecule has 5 rings (SSSR count). The average Bonchev–Trinajstić information content (AvgIpc) is 3.36. The largest absolute Gasteiger partial charge is 0.334 e. The van der Waals surface area contributed by atoms with Crippen molar-refractivity contribution >= 4 is 22.5 Å². The quantitative estimate of drug-likeness (QED) is 0.361. The van der Waals surface area contributed by atoms with Crippen LogP contribution in [-0.4, -0.2) is 25.6 Å². The smallest absolute Gasteiger partial charge is 0.265 e. The Hall–Kier alpha value is -4.59. The summed E-state index contributed by atoms with van der Waals surface area (Å²) in [7, 11) is 0. The molecule has 0 unspecified atom stereocenters. The lowest BCUT2D eigenvalue weighted by Crippen LogP contribution is -2.22. The Morgan fingerprint density at radius 2 is 1.69 bits per heavy atom. The van der Waals surface area contributed by atoms with Gasteiger partial charge in [-0.05, 0) is 61.9 Å². The summed E-state index contributed by atoms with van der Waals surface area (Å²) >= 11 is 0. The van der Waals surface area contributed by atoms with Crippen LogP contribution < -0.4 is 10.9 Å². The van der Waals surface area contributed by atoms with Crippen LogP contribution >= 0.6 is 0 Å². The number of benzene rings is 3. The third kappa shape index (κ3) is 4.17. The number of aryl methyl sites for hydroxylation is 2. The minimum Gasteiger partial charge on any atom is -0.334 e. The second kappa shape index (κ2) is 9.22. The zero-order valence-corrected chi connectivity index (χ0v) is 20.4. The molecule has 1 N–H and O–H groups in total. The number of hydrogen-bond donors (Lipinski definition) is 1. The number of carbonyl (C=O) groups is 1. The van der Waals surface area contributed by atoms with Crippen molar-refractivity contribution in [2.24, 2.45) is 0 Å². The number of carbonyl (C=O) groups excluding carboxylic acids is 1. The molecular weight excluding hydrogens is 454 g/mol. The maximum Gasteiger partial charge on any atom is 0.265 e. The molecule has 8 nitrogen and oxygen atoms in total. The van der Waals surface area contributed by atoms with Gasteiger partial charge in [0.15, 0.2) is 5.82 Å². The lowest BCUT2D eigenvalue weighted by Gasteiger charge is -2.13. The summed E-state index contributed by atoms with van der Waals surface area (Å²) in [6, 6.07) is 19.7. The van der Waals surface area contributed by atoms with Crippen LogP contribution in [-0.2, 0) is 0 Å². The zero-order chi connectivity index (χ0) is 25.4. The molecule has 0 bridgehead atoms. The summed E-state index contributed by atoms with van der Waals surface area (Å²) in [5, 5.41) is 7.57. The molecule has 0 aliphatic rings. The monoisotopic (exact) mass is 479 g/mol. The number of nitrogens with one attached hydrogen (secondary N) is 1. The van der Waals surface area contributed by atoms with Crippen LogP contribution in [0.25, 0.3) is 28.0 Å². The fourth-order valence-corrected chi connectivity index (χ4v) is 4.09. The van der Waals surface area contributed by atoms with Gasteiger partial charge in [0.2, 0.25) is 0 Å². The minimum atomic E-state index is -0.290. The molecule has 0 spiro atoms. The number of aromatic nitrogens is 4. The van der Waals surface area contributed by atoms with Crippen LogP contribution in [0.3, 0.4) is 0 Å². The highest BCUT2D eigenvalue weighted by Gasteiger charge is 2.18. The molecule has 2 aromatic heterocycles. The van der Waals surface area contributed by atoms with Crippen molar-refractivity contribution in [1.82, 2.24) is 19.7 Å². The molecule has 0 aliphatic carbocycles. The van der Waals surface area contributed by atoms with Gasteiger partial charge >= 0.3 is 0 Å². The number of nitrogens with zero attached hydrogens (tertiary/aromatic N) is 4. The molecule has 0 radical (unpaired) electrons. The van der Waals surface area contributed by atoms with Crippen LogP contribution in [0, 0.1) is 13.8 Å². The lowest BCUT2D eigenvalue weighted by molar-refractivity contribution is 0.102. The highest BCUT2D eigenvalue weighted by Crippen LogP contribution is 2.31. The molecule has 1 amide bonds. The van der Waals surface area contributed by atoms with E-state index in [0.717, 1.165) is 5.56 Å². The second-order valence-electron chi connectivity index (χ2n) is 8.93. The Morgan fingerprint density at radius 1 is 0.944 bits per heavy atom. The summed E-state index contributed by atoms with van der Waals surface area (Å²) in [6.45, 7) is 7.67. The SMILES string of the molecule is Cc1cccc(-c2nc(C(C)C)no2)c1NC(=O)c1ccc(-n2c(C)nc3ccccc3c2=O)cc1. The Bertz CT molecular complexity index is 1650. The number of fused-ring (bicyclic) bond motifs is 1. The van der Waals surface area contributed by atoms with Crippen LogP contribution in [0.1, 0.15) is 47.3 Å². The molecule has 36 heavy (non-hydrogen) atoms. The molecule has 0 atom stereocenters. The molecule has 2 heterocycles. The van der Waals surface area contributed by atoms with Gasteiger partial charge in [-0.25, -0.2) is 4.98 Å². The van der Waals surface area contributed by atoms with Crippen LogP contribution in [0.2, 0.25) is 0 Å². The molecule has 0 saturated carbocycles. The van der Waals surface area contributed by atoms with Gasteiger partial charge in [-0.1, -0.05) is 43.3 Å². The first-order chi connectivity index (χ1) is 17.3. The lowest BCUT2D eigenvalue weighted by atomic mass is 10.1. The normalized spacial score (nSPS) is 11.2. The maximum absolute atomic E-state index is 13.2. The number of rotatable bonds is 5. The van der Waals surface area contributed by atoms with E-state index < -0.39 is 0 Å². The Labute approximate surface area is 207 Å². The summed E-state index contributed by atoms with van der Waals surface area (Å²) in [6.07, 6.45) is 0. The zero-order valence-electron chi connectivity index (χ0n) is 20.4. The fraction of sp³-hybridized carbons (Fsp3) is 0.179. The molecule has 0 fully saturated rings. The van der Waals surface area contributed by atoms with E-state index in [1.807, 2.05) is 57.2 Å². The van der Waals surface area contributed by atoms with Gasteiger partial charge in [0, 0.05) is 11.5 Å². The van der Waals surface area contributed by atoms with Crippen molar-refractivity contribution < 1.29 is 9.32 Å². The summed E-state index contributed by atoms with van der Waals surface area (Å²) in [4.78, 5) is 35.3. The van der Waals surface area contributed by atoms with E-state index in [1.165, 1.54) is 0 Å². The van der Waals surface area contributed by atoms with E-state index in [0.29, 0.717) is 50.9 Å². The van der Waals surface area contributed by atoms with Crippen molar-refractivity contribution in [2.75, 3.05) is 5.32 Å². The van der Waals surface area contributed by atoms with Gasteiger partial charge in [-0.3, -0.25) is 14.2 Å². The van der Waals surface area contributed by atoms with Gasteiger partial charge in [-0.2, -0.15) is 4.98 Å². The van der Waals surface area contributed by atoms with Gasteiger partial charge in [0.1, 0.15) is 5.82 Å². The number of amides is 1. The van der Waals surface area contributed by atoms with Gasteiger partial charge in [-0.15, -0.1) is 0 Å². The van der Waals surface area contributed by atoms with E-state index in [2.05, 4.69) is 20.4 Å². The van der Waals surface area contributed by atoms with Crippen molar-refractivity contribution in [3.05, 3.63) is 99.9 Å². The number of para-hydroxylation sites is 2. The molecule has 180 valence electrons. The standard InChI is InChI=1S/C28H25N5O3/c1-16(2)25-31-27(36-32-25)22-10-7-8-17(3)24(22)30-26(34)19-12-14-20(15-13-19)33-18(4)29-23-11-6-5-9-21(23)28(33)35/h5-16H,1-4H3,(H,30,34). The predicted octanol–water partition coefficient (Wildman–Crippen LogP) is 5.43. The second-order valence-corrected chi connectivity index (χ2v) is 8.93. The predicted molar refractivity (Wildman–Crippen MR) is 139 cm³/mol. The Morgan fingerprint density at radius 3 is 2.42 bits per heavy atom. The van der Waals surface area contributed by atoms with E-state index >= 15 is 0 Å². The third-order valence-electron chi connectivity index (χ3n) is 6.03. The Balaban J connectivity index is 1.45. The summed E-state index contributed by atoms with van der Waals surface area (Å²) in [5.74, 6) is 1.36. The van der Waals surface area contributed by atoms with Gasteiger partial charge in [0.25, 0.3) is 17.4 Å². The first-order valence-electron chi connectivity index (χ1n) is 11.7. The molecule has 0 saturated heterocycles. The van der Waals surface area contributed by atoms with E-state index in [9.17, 15) is 9.59 Å². The van der Waals surface area contributed by atoms with E-state index in [4.69, 9.17) is 4.52 Å². The van der Waals surface area contributed by atoms with Crippen LogP contribution in [0.4, 0.5) is 5.69 Å². The highest BCUT2D eigenvalue weighted by atomic mass is 16.5. The first kappa shape index (κ1) is 23.2. The fourth-order valence-electron chi connectivity index (χ4n) is 4.09. The molecule has 5 aromatic rings. The van der Waals surface area contributed by atoms with Crippen molar-refractivity contribution in [1.29, 1.82) is 0 Å². The average molecular weight is 480 g/mol. The number of anilines is 1. The van der Waals surface area contributed by atoms with E-state index in [1.54, 1.807) is 41.8 Å².